The van der Waals surface area contributed by atoms with Gasteiger partial charge < -0.3 is 5.32 Å². The predicted octanol–water partition coefficient (Wildman–Crippen LogP) is 3.86. The predicted molar refractivity (Wildman–Crippen MR) is 80.7 cm³/mol. The molecule has 4 heteroatoms. The van der Waals surface area contributed by atoms with Gasteiger partial charge in [-0.15, -0.1) is 11.3 Å². The molecule has 0 bridgehead atoms. The summed E-state index contributed by atoms with van der Waals surface area (Å²) in [7, 11) is 0. The average molecular weight is 284 g/mol. The zero-order chi connectivity index (χ0) is 14.0. The maximum Gasteiger partial charge on any atom is 0.262 e. The van der Waals surface area contributed by atoms with Gasteiger partial charge in [0.25, 0.3) is 5.91 Å². The molecule has 0 saturated heterocycles. The largest absolute Gasteiger partial charge is 0.333 e. The molecule has 3 rings (SSSR count). The normalized spacial score (nSPS) is 17.6. The molecule has 20 heavy (non-hydrogen) atoms. The van der Waals surface area contributed by atoms with E-state index in [1.54, 1.807) is 0 Å². The Labute approximate surface area is 122 Å². The molecule has 1 amide bonds. The molecule has 1 aliphatic carbocycles. The maximum absolute atomic E-state index is 12.4. The summed E-state index contributed by atoms with van der Waals surface area (Å²) in [5, 5.41) is 13.5. The van der Waals surface area contributed by atoms with Crippen LogP contribution in [0.5, 0.6) is 0 Å². The quantitative estimate of drug-likeness (QED) is 0.910. The molecule has 1 heterocycles. The highest BCUT2D eigenvalue weighted by Gasteiger charge is 2.34. The number of rotatable bonds is 2. The van der Waals surface area contributed by atoms with Gasteiger partial charge in [-0.25, -0.2) is 0 Å². The third kappa shape index (κ3) is 2.41. The minimum atomic E-state index is -0.661. The number of amides is 1. The Balaban J connectivity index is 1.83. The molecular weight excluding hydrogens is 268 g/mol. The fraction of sp³-hybridized carbons (Fsp3) is 0.375. The van der Waals surface area contributed by atoms with E-state index in [4.69, 9.17) is 0 Å². The van der Waals surface area contributed by atoms with E-state index in [9.17, 15) is 10.1 Å². The van der Waals surface area contributed by atoms with Crippen LogP contribution in [0.1, 0.15) is 41.8 Å². The highest BCUT2D eigenvalue weighted by atomic mass is 32.1. The van der Waals surface area contributed by atoms with E-state index in [2.05, 4.69) is 11.4 Å². The van der Waals surface area contributed by atoms with E-state index in [1.165, 1.54) is 11.3 Å². The van der Waals surface area contributed by atoms with Gasteiger partial charge in [0.2, 0.25) is 0 Å². The Morgan fingerprint density at radius 2 is 2.00 bits per heavy atom. The Bertz CT molecular complexity index is 644. The van der Waals surface area contributed by atoms with Gasteiger partial charge in [0.05, 0.1) is 10.9 Å². The summed E-state index contributed by atoms with van der Waals surface area (Å²) in [6.45, 7) is 0. The van der Waals surface area contributed by atoms with E-state index in [1.807, 2.05) is 30.3 Å². The first-order valence-corrected chi connectivity index (χ1v) is 7.76. The molecule has 1 aliphatic rings. The van der Waals surface area contributed by atoms with Crippen LogP contribution in [0.3, 0.4) is 0 Å². The highest BCUT2D eigenvalue weighted by molar-refractivity contribution is 7.20. The summed E-state index contributed by atoms with van der Waals surface area (Å²) in [6.07, 6.45) is 4.71. The van der Waals surface area contributed by atoms with E-state index < -0.39 is 5.54 Å². The Morgan fingerprint density at radius 1 is 1.25 bits per heavy atom. The Hall–Kier alpha value is -1.86. The monoisotopic (exact) mass is 284 g/mol. The summed E-state index contributed by atoms with van der Waals surface area (Å²) in [6, 6.07) is 12.2. The van der Waals surface area contributed by atoms with E-state index in [0.29, 0.717) is 4.88 Å². The van der Waals surface area contributed by atoms with Crippen molar-refractivity contribution in [1.29, 1.82) is 5.26 Å². The topological polar surface area (TPSA) is 52.9 Å². The van der Waals surface area contributed by atoms with Crippen molar-refractivity contribution in [3.8, 4) is 6.07 Å². The summed E-state index contributed by atoms with van der Waals surface area (Å²) < 4.78 is 1.10. The summed E-state index contributed by atoms with van der Waals surface area (Å²) >= 11 is 1.48. The van der Waals surface area contributed by atoms with Crippen molar-refractivity contribution in [1.82, 2.24) is 5.32 Å². The van der Waals surface area contributed by atoms with Crippen LogP contribution in [0.25, 0.3) is 10.1 Å². The van der Waals surface area contributed by atoms with E-state index in [-0.39, 0.29) is 5.91 Å². The fourth-order valence-corrected chi connectivity index (χ4v) is 3.75. The molecule has 1 aromatic carbocycles. The number of nitriles is 1. The molecule has 0 atom stereocenters. The zero-order valence-corrected chi connectivity index (χ0v) is 12.0. The zero-order valence-electron chi connectivity index (χ0n) is 11.2. The van der Waals surface area contributed by atoms with Crippen LogP contribution in [0.4, 0.5) is 0 Å². The standard InChI is InChI=1S/C16H16N2OS/c17-11-16(8-4-1-5-9-16)18-15(19)14-10-12-6-2-3-7-13(12)20-14/h2-3,6-7,10H,1,4-5,8-9H2,(H,18,19). The van der Waals surface area contributed by atoms with Gasteiger partial charge in [-0.2, -0.15) is 5.26 Å². The van der Waals surface area contributed by atoms with Gasteiger partial charge in [0.15, 0.2) is 0 Å². The number of hydrogen-bond donors (Lipinski definition) is 1. The lowest BCUT2D eigenvalue weighted by Crippen LogP contribution is -2.48. The van der Waals surface area contributed by atoms with Crippen molar-refractivity contribution in [2.75, 3.05) is 0 Å². The molecule has 0 unspecified atom stereocenters. The molecule has 1 N–H and O–H groups in total. The average Bonchev–Trinajstić information content (AvgIpc) is 2.92. The molecule has 1 aromatic heterocycles. The smallest absolute Gasteiger partial charge is 0.262 e. The second-order valence-electron chi connectivity index (χ2n) is 5.36. The maximum atomic E-state index is 12.4. The van der Waals surface area contributed by atoms with Crippen LogP contribution in [0.2, 0.25) is 0 Å². The third-order valence-corrected chi connectivity index (χ3v) is 5.04. The van der Waals surface area contributed by atoms with Crippen LogP contribution in [0, 0.1) is 11.3 Å². The van der Waals surface area contributed by atoms with Crippen molar-refractivity contribution in [2.45, 2.75) is 37.6 Å². The highest BCUT2D eigenvalue weighted by Crippen LogP contribution is 2.30. The van der Waals surface area contributed by atoms with E-state index >= 15 is 0 Å². The van der Waals surface area contributed by atoms with Gasteiger partial charge in [0, 0.05) is 4.70 Å². The summed E-state index contributed by atoms with van der Waals surface area (Å²) in [5.41, 5.74) is -0.661. The van der Waals surface area contributed by atoms with Crippen LogP contribution < -0.4 is 5.32 Å². The Morgan fingerprint density at radius 3 is 2.70 bits per heavy atom. The number of nitrogens with one attached hydrogen (secondary N) is 1. The molecule has 1 fully saturated rings. The van der Waals surface area contributed by atoms with Crippen molar-refractivity contribution < 1.29 is 4.79 Å². The number of carbonyl (C=O) groups is 1. The van der Waals surface area contributed by atoms with Gasteiger partial charge in [-0.05, 0) is 30.4 Å². The first-order chi connectivity index (χ1) is 9.72. The first-order valence-electron chi connectivity index (χ1n) is 6.95. The number of nitrogens with zero attached hydrogens (tertiary/aromatic N) is 1. The lowest BCUT2D eigenvalue weighted by molar-refractivity contribution is 0.0907. The van der Waals surface area contributed by atoms with Crippen molar-refractivity contribution in [3.05, 3.63) is 35.2 Å². The number of carbonyl (C=O) groups excluding carboxylic acids is 1. The van der Waals surface area contributed by atoms with Crippen molar-refractivity contribution >= 4 is 27.3 Å². The molecule has 0 spiro atoms. The van der Waals surface area contributed by atoms with Gasteiger partial charge in [0.1, 0.15) is 5.54 Å². The lowest BCUT2D eigenvalue weighted by atomic mass is 9.83. The molecule has 0 radical (unpaired) electrons. The summed E-state index contributed by atoms with van der Waals surface area (Å²) in [5.74, 6) is -0.116. The van der Waals surface area contributed by atoms with Crippen LogP contribution in [0.15, 0.2) is 30.3 Å². The minimum absolute atomic E-state index is 0.116. The van der Waals surface area contributed by atoms with E-state index in [0.717, 1.165) is 42.2 Å². The number of thiophene rings is 1. The minimum Gasteiger partial charge on any atom is -0.333 e. The van der Waals surface area contributed by atoms with Gasteiger partial charge >= 0.3 is 0 Å². The van der Waals surface area contributed by atoms with Gasteiger partial charge in [-0.1, -0.05) is 37.5 Å². The molecule has 102 valence electrons. The first kappa shape index (κ1) is 13.1. The van der Waals surface area contributed by atoms with Gasteiger partial charge in [-0.3, -0.25) is 4.79 Å². The molecular formula is C16H16N2OS. The fourth-order valence-electron chi connectivity index (χ4n) is 2.79. The number of hydrogen-bond acceptors (Lipinski definition) is 3. The molecule has 3 nitrogen and oxygen atoms in total. The van der Waals surface area contributed by atoms with Crippen molar-refractivity contribution in [2.24, 2.45) is 0 Å². The van der Waals surface area contributed by atoms with Crippen LogP contribution in [-0.4, -0.2) is 11.4 Å². The number of fused-ring (bicyclic) bond motifs is 1. The third-order valence-electron chi connectivity index (χ3n) is 3.92. The van der Waals surface area contributed by atoms with Crippen LogP contribution in [-0.2, 0) is 0 Å². The van der Waals surface area contributed by atoms with Crippen molar-refractivity contribution in [3.63, 3.8) is 0 Å². The molecule has 0 aliphatic heterocycles. The Kier molecular flexibility index (Phi) is 3.45. The summed E-state index contributed by atoms with van der Waals surface area (Å²) in [4.78, 5) is 13.1. The lowest BCUT2D eigenvalue weighted by Gasteiger charge is -2.31. The van der Waals surface area contributed by atoms with Crippen LogP contribution >= 0.6 is 11.3 Å². The second-order valence-corrected chi connectivity index (χ2v) is 6.44. The second kappa shape index (κ2) is 5.26. The molecule has 1 saturated carbocycles. The molecule has 2 aromatic rings. The SMILES string of the molecule is N#CC1(NC(=O)c2cc3ccccc3s2)CCCCC1. The number of benzene rings is 1.